The van der Waals surface area contributed by atoms with E-state index in [2.05, 4.69) is 15.0 Å². The van der Waals surface area contributed by atoms with Crippen molar-refractivity contribution in [1.82, 2.24) is 15.0 Å². The molecule has 0 bridgehead atoms. The first-order valence-corrected chi connectivity index (χ1v) is 11.6. The molecule has 0 spiro atoms. The van der Waals surface area contributed by atoms with E-state index in [1.54, 1.807) is 18.3 Å². The van der Waals surface area contributed by atoms with Gasteiger partial charge in [0.25, 0.3) is 0 Å². The van der Waals surface area contributed by atoms with Crippen molar-refractivity contribution in [2.45, 2.75) is 23.6 Å². The van der Waals surface area contributed by atoms with Crippen LogP contribution in [-0.4, -0.2) is 20.1 Å². The van der Waals surface area contributed by atoms with Crippen LogP contribution in [0.4, 0.5) is 4.39 Å². The number of halogens is 1. The van der Waals surface area contributed by atoms with Gasteiger partial charge >= 0.3 is 0 Å². The fraction of sp³-hybridized carbons (Fsp3) is 0.125. The first-order chi connectivity index (χ1) is 15.2. The van der Waals surface area contributed by atoms with Crippen molar-refractivity contribution in [2.24, 2.45) is 0 Å². The third-order valence-electron chi connectivity index (χ3n) is 5.07. The summed E-state index contributed by atoms with van der Waals surface area (Å²) < 4.78 is 15.8. The Balaban J connectivity index is 1.33. The average Bonchev–Trinajstić information content (AvgIpc) is 3.35. The number of fused-ring (bicyclic) bond motifs is 2. The highest BCUT2D eigenvalue weighted by atomic mass is 32.2. The van der Waals surface area contributed by atoms with Crippen LogP contribution in [0.2, 0.25) is 0 Å². The van der Waals surface area contributed by atoms with Crippen molar-refractivity contribution in [1.29, 1.82) is 0 Å². The number of hydrogen-bond acceptors (Lipinski definition) is 5. The largest absolute Gasteiger partial charge is 0.353 e. The third-order valence-corrected chi connectivity index (χ3v) is 7.10. The third kappa shape index (κ3) is 4.24. The summed E-state index contributed by atoms with van der Waals surface area (Å²) in [6.45, 7) is 0. The number of rotatable bonds is 6. The maximum Gasteiger partial charge on any atom is 0.195 e. The molecule has 0 saturated heterocycles. The lowest BCUT2D eigenvalue weighted by molar-refractivity contribution is -0.111. The maximum absolute atomic E-state index is 13.9. The number of thioether (sulfide) groups is 1. The summed E-state index contributed by atoms with van der Waals surface area (Å²) in [7, 11) is 0. The number of pyridine rings is 1. The summed E-state index contributed by atoms with van der Waals surface area (Å²) in [5, 5.41) is 0.927. The van der Waals surface area contributed by atoms with E-state index in [1.807, 2.05) is 42.5 Å². The van der Waals surface area contributed by atoms with Crippen LogP contribution in [0, 0.1) is 5.82 Å². The Bertz CT molecular complexity index is 1340. The van der Waals surface area contributed by atoms with E-state index in [0.29, 0.717) is 19.3 Å². The quantitative estimate of drug-likeness (QED) is 0.297. The molecule has 0 saturated carbocycles. The number of para-hydroxylation sites is 1. The van der Waals surface area contributed by atoms with Gasteiger partial charge in [-0.1, -0.05) is 18.2 Å². The minimum Gasteiger partial charge on any atom is -0.353 e. The molecular weight excluding hydrogens is 429 g/mol. The van der Waals surface area contributed by atoms with Gasteiger partial charge in [-0.05, 0) is 72.6 Å². The van der Waals surface area contributed by atoms with E-state index in [0.717, 1.165) is 42.4 Å². The molecule has 3 aromatic heterocycles. The molecule has 4 nitrogen and oxygen atoms in total. The number of H-pyrrole nitrogens is 1. The minimum absolute atomic E-state index is 0.0875. The predicted octanol–water partition coefficient (Wildman–Crippen LogP) is 6.62. The Morgan fingerprint density at radius 3 is 2.81 bits per heavy atom. The molecule has 7 heteroatoms. The highest BCUT2D eigenvalue weighted by molar-refractivity contribution is 8.15. The molecule has 0 aliphatic carbocycles. The fourth-order valence-corrected chi connectivity index (χ4v) is 5.66. The molecule has 0 unspecified atom stereocenters. The van der Waals surface area contributed by atoms with Crippen LogP contribution in [0.1, 0.15) is 18.4 Å². The second kappa shape index (κ2) is 8.61. The topological polar surface area (TPSA) is 58.6 Å². The lowest BCUT2D eigenvalue weighted by Gasteiger charge is -2.05. The van der Waals surface area contributed by atoms with Gasteiger partial charge < -0.3 is 4.98 Å². The molecule has 0 aliphatic rings. The van der Waals surface area contributed by atoms with Crippen LogP contribution < -0.4 is 0 Å². The zero-order valence-corrected chi connectivity index (χ0v) is 18.1. The number of hydrogen-bond donors (Lipinski definition) is 1. The van der Waals surface area contributed by atoms with E-state index in [9.17, 15) is 9.18 Å². The van der Waals surface area contributed by atoms with E-state index in [4.69, 9.17) is 0 Å². The molecule has 0 atom stereocenters. The van der Waals surface area contributed by atoms with Crippen molar-refractivity contribution in [3.05, 3.63) is 78.2 Å². The van der Waals surface area contributed by atoms with Crippen LogP contribution in [0.5, 0.6) is 0 Å². The monoisotopic (exact) mass is 447 g/mol. The van der Waals surface area contributed by atoms with Gasteiger partial charge in [-0.15, -0.1) is 11.3 Å². The highest BCUT2D eigenvalue weighted by Crippen LogP contribution is 2.33. The highest BCUT2D eigenvalue weighted by Gasteiger charge is 2.16. The lowest BCUT2D eigenvalue weighted by Crippen LogP contribution is -1.95. The van der Waals surface area contributed by atoms with Gasteiger partial charge in [0.1, 0.15) is 5.82 Å². The van der Waals surface area contributed by atoms with Crippen LogP contribution in [0.25, 0.3) is 32.5 Å². The average molecular weight is 448 g/mol. The summed E-state index contributed by atoms with van der Waals surface area (Å²) in [5.41, 5.74) is 4.47. The summed E-state index contributed by atoms with van der Waals surface area (Å²) in [6, 6.07) is 18.3. The molecule has 0 radical (unpaired) electrons. The Morgan fingerprint density at radius 1 is 1.10 bits per heavy atom. The summed E-state index contributed by atoms with van der Waals surface area (Å²) in [5.74, 6) is -0.275. The first-order valence-electron chi connectivity index (χ1n) is 9.95. The summed E-state index contributed by atoms with van der Waals surface area (Å²) in [6.07, 6.45) is 3.48. The number of aryl methyl sites for hydroxylation is 1. The Labute approximate surface area is 186 Å². The number of nitrogens with one attached hydrogen (secondary N) is 1. The number of aromatic amines is 1. The summed E-state index contributed by atoms with van der Waals surface area (Å²) in [4.78, 5) is 24.9. The first kappa shape index (κ1) is 19.9. The SMILES string of the molecule is O=C(CCCc1c(-c2ccccn2)[nH]c2ccc(F)cc12)Sc1nc2ccccc2s1. The van der Waals surface area contributed by atoms with Crippen LogP contribution in [-0.2, 0) is 11.2 Å². The smallest absolute Gasteiger partial charge is 0.195 e. The zero-order chi connectivity index (χ0) is 21.2. The maximum atomic E-state index is 13.9. The van der Waals surface area contributed by atoms with Gasteiger partial charge in [-0.3, -0.25) is 9.78 Å². The van der Waals surface area contributed by atoms with E-state index in [1.165, 1.54) is 29.2 Å². The van der Waals surface area contributed by atoms with E-state index >= 15 is 0 Å². The van der Waals surface area contributed by atoms with Crippen molar-refractivity contribution >= 4 is 49.3 Å². The molecule has 154 valence electrons. The van der Waals surface area contributed by atoms with Crippen LogP contribution in [0.15, 0.2) is 71.2 Å². The minimum atomic E-state index is -0.275. The number of aromatic nitrogens is 3. The number of carbonyl (C=O) groups is 1. The second-order valence-corrected chi connectivity index (χ2v) is 9.49. The number of carbonyl (C=O) groups excluding carboxylic acids is 1. The van der Waals surface area contributed by atoms with Crippen molar-refractivity contribution in [3.63, 3.8) is 0 Å². The van der Waals surface area contributed by atoms with Gasteiger partial charge in [0, 0.05) is 23.5 Å². The molecule has 2 aromatic carbocycles. The van der Waals surface area contributed by atoms with Gasteiger partial charge in [-0.25, -0.2) is 9.37 Å². The Kier molecular flexibility index (Phi) is 5.53. The lowest BCUT2D eigenvalue weighted by atomic mass is 10.0. The molecule has 5 aromatic rings. The predicted molar refractivity (Wildman–Crippen MR) is 125 cm³/mol. The van der Waals surface area contributed by atoms with Crippen molar-refractivity contribution in [2.75, 3.05) is 0 Å². The Morgan fingerprint density at radius 2 is 1.97 bits per heavy atom. The van der Waals surface area contributed by atoms with Crippen molar-refractivity contribution < 1.29 is 9.18 Å². The molecule has 3 heterocycles. The van der Waals surface area contributed by atoms with Crippen LogP contribution >= 0.6 is 23.1 Å². The van der Waals surface area contributed by atoms with Crippen LogP contribution in [0.3, 0.4) is 0 Å². The number of benzene rings is 2. The standard InChI is InChI=1S/C24H18FN3OS2/c25-15-11-12-18-17(14-15)16(23(27-18)20-8-3-4-13-26-20)6-5-10-22(29)31-24-28-19-7-1-2-9-21(19)30-24/h1-4,7-9,11-14,27H,5-6,10H2. The molecular formula is C24H18FN3OS2. The van der Waals surface area contributed by atoms with Gasteiger partial charge in [-0.2, -0.15) is 0 Å². The molecule has 31 heavy (non-hydrogen) atoms. The van der Waals surface area contributed by atoms with Crippen molar-refractivity contribution in [3.8, 4) is 11.4 Å². The van der Waals surface area contributed by atoms with E-state index < -0.39 is 0 Å². The Hall–Kier alpha value is -3.03. The normalized spacial score (nSPS) is 11.4. The number of thiazole rings is 1. The van der Waals surface area contributed by atoms with Gasteiger partial charge in [0.2, 0.25) is 0 Å². The zero-order valence-electron chi connectivity index (χ0n) is 16.5. The summed E-state index contributed by atoms with van der Waals surface area (Å²) >= 11 is 2.74. The van der Waals surface area contributed by atoms with Gasteiger partial charge in [0.05, 0.1) is 21.6 Å². The van der Waals surface area contributed by atoms with E-state index in [-0.39, 0.29) is 10.9 Å². The number of nitrogens with zero attached hydrogens (tertiary/aromatic N) is 2. The second-order valence-electron chi connectivity index (χ2n) is 7.16. The molecule has 1 N–H and O–H groups in total. The molecule has 0 aliphatic heterocycles. The molecule has 5 rings (SSSR count). The fourth-order valence-electron chi connectivity index (χ4n) is 3.66. The van der Waals surface area contributed by atoms with Gasteiger partial charge in [0.15, 0.2) is 9.45 Å². The molecule has 0 fully saturated rings. The molecule has 0 amide bonds.